The molecule has 0 radical (unpaired) electrons. The van der Waals surface area contributed by atoms with Crippen molar-refractivity contribution in [1.82, 2.24) is 5.32 Å². The number of hydrogen-bond acceptors (Lipinski definition) is 5. The average molecular weight is 504 g/mol. The van der Waals surface area contributed by atoms with Crippen LogP contribution in [0, 0.1) is 19.7 Å². The Balaban J connectivity index is 1.43. The molecule has 3 aromatic rings. The number of methoxy groups -OCH3 is 1. The van der Waals surface area contributed by atoms with E-state index in [1.807, 2.05) is 50.2 Å². The highest BCUT2D eigenvalue weighted by Gasteiger charge is 2.32. The molecule has 1 N–H and O–H groups in total. The summed E-state index contributed by atoms with van der Waals surface area (Å²) in [4.78, 5) is 23.9. The zero-order valence-electron chi connectivity index (χ0n) is 21.4. The van der Waals surface area contributed by atoms with Crippen LogP contribution in [0.1, 0.15) is 63.0 Å². The predicted octanol–water partition coefficient (Wildman–Crippen LogP) is 5.57. The van der Waals surface area contributed by atoms with Gasteiger partial charge in [0.05, 0.1) is 20.1 Å². The van der Waals surface area contributed by atoms with Crippen LogP contribution in [0.5, 0.6) is 11.5 Å². The van der Waals surface area contributed by atoms with Crippen LogP contribution in [0.4, 0.5) is 4.39 Å². The number of ether oxygens (including phenoxy) is 3. The van der Waals surface area contributed by atoms with Crippen LogP contribution in [0.15, 0.2) is 42.5 Å². The molecule has 0 bridgehead atoms. The number of rotatable bonds is 6. The smallest absolute Gasteiger partial charge is 0.306 e. The van der Waals surface area contributed by atoms with Gasteiger partial charge in [0.2, 0.25) is 0 Å². The second-order valence-electron chi connectivity index (χ2n) is 9.68. The fourth-order valence-electron chi connectivity index (χ4n) is 5.64. The topological polar surface area (TPSA) is 73.9 Å². The summed E-state index contributed by atoms with van der Waals surface area (Å²) in [5.74, 6) is 0.539. The van der Waals surface area contributed by atoms with Gasteiger partial charge < -0.3 is 19.5 Å². The molecule has 1 aliphatic carbocycles. The number of nitrogens with one attached hydrogen (secondary N) is 1. The first-order chi connectivity index (χ1) is 17.8. The Morgan fingerprint density at radius 2 is 1.86 bits per heavy atom. The predicted molar refractivity (Wildman–Crippen MR) is 138 cm³/mol. The summed E-state index contributed by atoms with van der Waals surface area (Å²) < 4.78 is 32.1. The number of halogens is 1. The molecule has 0 unspecified atom stereocenters. The highest BCUT2D eigenvalue weighted by molar-refractivity contribution is 5.95. The van der Waals surface area contributed by atoms with Crippen LogP contribution in [-0.2, 0) is 16.0 Å². The molecule has 2 atom stereocenters. The molecule has 3 aromatic carbocycles. The molecule has 1 amide bonds. The average Bonchev–Trinajstić information content (AvgIpc) is 3.49. The zero-order valence-corrected chi connectivity index (χ0v) is 21.4. The maximum absolute atomic E-state index is 15.2. The van der Waals surface area contributed by atoms with E-state index in [0.717, 1.165) is 33.4 Å². The van der Waals surface area contributed by atoms with Crippen LogP contribution in [0.25, 0.3) is 11.1 Å². The summed E-state index contributed by atoms with van der Waals surface area (Å²) in [5.41, 5.74) is 7.01. The molecule has 6 nitrogen and oxygen atoms in total. The second-order valence-corrected chi connectivity index (χ2v) is 9.68. The van der Waals surface area contributed by atoms with Gasteiger partial charge >= 0.3 is 5.97 Å². The van der Waals surface area contributed by atoms with E-state index in [0.29, 0.717) is 42.1 Å². The quantitative estimate of drug-likeness (QED) is 0.445. The van der Waals surface area contributed by atoms with Crippen molar-refractivity contribution >= 4 is 11.9 Å². The molecule has 2 aliphatic rings. The van der Waals surface area contributed by atoms with E-state index < -0.39 is 6.10 Å². The van der Waals surface area contributed by atoms with E-state index in [-0.39, 0.29) is 30.0 Å². The van der Waals surface area contributed by atoms with Crippen molar-refractivity contribution in [1.29, 1.82) is 0 Å². The highest BCUT2D eigenvalue weighted by atomic mass is 19.1. The SMILES string of the molecule is CNC(=O)c1cc(C)c(-c2ccc(F)c3c2CC[C@H]3Oc2ccc3c(c2)OC[C@H]3CC(=O)OC)c(C)c1. The molecular weight excluding hydrogens is 473 g/mol. The van der Waals surface area contributed by atoms with Crippen molar-refractivity contribution in [3.63, 3.8) is 0 Å². The van der Waals surface area contributed by atoms with E-state index >= 15 is 4.39 Å². The third kappa shape index (κ3) is 4.54. The fraction of sp³-hybridized carbons (Fsp3) is 0.333. The standard InChI is InChI=1S/C30H30FNO5/c1-16-11-18(30(34)32-3)12-17(2)28(16)22-7-9-24(31)29-23(22)8-10-25(29)37-20-5-6-21-19(13-27(33)35-4)15-36-26(21)14-20/h5-7,9,11-12,14,19,25H,8,10,13,15H2,1-4H3,(H,32,34)/t19-,25-/m1/s1. The van der Waals surface area contributed by atoms with E-state index in [1.165, 1.54) is 13.2 Å². The molecule has 0 saturated heterocycles. The fourth-order valence-corrected chi connectivity index (χ4v) is 5.64. The van der Waals surface area contributed by atoms with Crippen LogP contribution < -0.4 is 14.8 Å². The van der Waals surface area contributed by atoms with Crippen molar-refractivity contribution in [3.05, 3.63) is 81.7 Å². The van der Waals surface area contributed by atoms with Gasteiger partial charge in [-0.25, -0.2) is 4.39 Å². The lowest BCUT2D eigenvalue weighted by atomic mass is 9.89. The normalized spacial score (nSPS) is 17.5. The molecule has 5 rings (SSSR count). The molecule has 0 spiro atoms. The number of hydrogen-bond donors (Lipinski definition) is 1. The first kappa shape index (κ1) is 24.8. The summed E-state index contributed by atoms with van der Waals surface area (Å²) in [7, 11) is 2.99. The lowest BCUT2D eigenvalue weighted by Crippen LogP contribution is -2.18. The number of benzene rings is 3. The largest absolute Gasteiger partial charge is 0.492 e. The lowest BCUT2D eigenvalue weighted by Gasteiger charge is -2.19. The number of fused-ring (bicyclic) bond motifs is 2. The monoisotopic (exact) mass is 503 g/mol. The number of carbonyl (C=O) groups excluding carboxylic acids is 2. The van der Waals surface area contributed by atoms with Crippen LogP contribution in [0.2, 0.25) is 0 Å². The van der Waals surface area contributed by atoms with Crippen LogP contribution >= 0.6 is 0 Å². The number of aryl methyl sites for hydroxylation is 2. The van der Waals surface area contributed by atoms with Gasteiger partial charge in [-0.3, -0.25) is 9.59 Å². The van der Waals surface area contributed by atoms with Gasteiger partial charge in [-0.15, -0.1) is 0 Å². The van der Waals surface area contributed by atoms with Crippen LogP contribution in [-0.4, -0.2) is 32.6 Å². The third-order valence-electron chi connectivity index (χ3n) is 7.36. The van der Waals surface area contributed by atoms with Crippen molar-refractivity contribution in [2.45, 2.75) is 45.1 Å². The second kappa shape index (κ2) is 9.88. The van der Waals surface area contributed by atoms with Gasteiger partial charge in [-0.1, -0.05) is 12.1 Å². The van der Waals surface area contributed by atoms with Crippen molar-refractivity contribution in [3.8, 4) is 22.6 Å². The molecule has 0 aromatic heterocycles. The Hall–Kier alpha value is -3.87. The van der Waals surface area contributed by atoms with Crippen molar-refractivity contribution in [2.24, 2.45) is 0 Å². The molecule has 37 heavy (non-hydrogen) atoms. The minimum Gasteiger partial charge on any atom is -0.492 e. The van der Waals surface area contributed by atoms with E-state index in [1.54, 1.807) is 7.05 Å². The maximum Gasteiger partial charge on any atom is 0.306 e. The van der Waals surface area contributed by atoms with Crippen molar-refractivity contribution < 1.29 is 28.2 Å². The molecule has 1 heterocycles. The zero-order chi connectivity index (χ0) is 26.3. The van der Waals surface area contributed by atoms with Gasteiger partial charge in [0.1, 0.15) is 23.4 Å². The third-order valence-corrected chi connectivity index (χ3v) is 7.36. The van der Waals surface area contributed by atoms with E-state index in [9.17, 15) is 9.59 Å². The van der Waals surface area contributed by atoms with Gasteiger partial charge in [0, 0.05) is 35.7 Å². The number of carbonyl (C=O) groups is 2. The molecule has 1 aliphatic heterocycles. The van der Waals surface area contributed by atoms with E-state index in [4.69, 9.17) is 14.2 Å². The maximum atomic E-state index is 15.2. The molecular formula is C30H30FNO5. The minimum atomic E-state index is -0.425. The summed E-state index contributed by atoms with van der Waals surface area (Å²) in [6, 6.07) is 12.7. The van der Waals surface area contributed by atoms with Gasteiger partial charge in [0.25, 0.3) is 5.91 Å². The molecule has 192 valence electrons. The number of esters is 1. The number of amides is 1. The minimum absolute atomic E-state index is 0.0509. The Bertz CT molecular complexity index is 1380. The van der Waals surface area contributed by atoms with Crippen molar-refractivity contribution in [2.75, 3.05) is 20.8 Å². The summed E-state index contributed by atoms with van der Waals surface area (Å²) in [6.45, 7) is 4.37. The van der Waals surface area contributed by atoms with Crippen LogP contribution in [0.3, 0.4) is 0 Å². The summed E-state index contributed by atoms with van der Waals surface area (Å²) in [5, 5.41) is 2.67. The molecule has 0 saturated carbocycles. The Morgan fingerprint density at radius 3 is 2.57 bits per heavy atom. The first-order valence-electron chi connectivity index (χ1n) is 12.5. The Kier molecular flexibility index (Phi) is 6.63. The van der Waals surface area contributed by atoms with Gasteiger partial charge in [-0.05, 0) is 78.8 Å². The lowest BCUT2D eigenvalue weighted by molar-refractivity contribution is -0.141. The van der Waals surface area contributed by atoms with Gasteiger partial charge in [0.15, 0.2) is 0 Å². The Labute approximate surface area is 215 Å². The molecule has 0 fully saturated rings. The highest BCUT2D eigenvalue weighted by Crippen LogP contribution is 2.45. The first-order valence-corrected chi connectivity index (χ1v) is 12.5. The summed E-state index contributed by atoms with van der Waals surface area (Å²) >= 11 is 0. The molecule has 7 heteroatoms. The Morgan fingerprint density at radius 1 is 1.11 bits per heavy atom. The van der Waals surface area contributed by atoms with Gasteiger partial charge in [-0.2, -0.15) is 0 Å². The summed E-state index contributed by atoms with van der Waals surface area (Å²) in [6.07, 6.45) is 1.18. The van der Waals surface area contributed by atoms with E-state index in [2.05, 4.69) is 5.32 Å².